The fourth-order valence-electron chi connectivity index (χ4n) is 2.86. The van der Waals surface area contributed by atoms with Gasteiger partial charge in [-0.3, -0.25) is 4.40 Å². The second kappa shape index (κ2) is 8.03. The van der Waals surface area contributed by atoms with Crippen LogP contribution in [0.25, 0.3) is 11.2 Å². The van der Waals surface area contributed by atoms with Gasteiger partial charge in [-0.15, -0.1) is 0 Å². The van der Waals surface area contributed by atoms with E-state index in [9.17, 15) is 0 Å². The summed E-state index contributed by atoms with van der Waals surface area (Å²) in [5, 5.41) is 5.82. The molecule has 1 atom stereocenters. The second-order valence-electron chi connectivity index (χ2n) is 6.67. The Hall–Kier alpha value is -2.49. The molecule has 0 saturated heterocycles. The number of allylic oxidation sites excluding steroid dienone is 1. The average molecular weight is 387 g/mol. The van der Waals surface area contributed by atoms with Crippen molar-refractivity contribution in [3.8, 4) is 0 Å². The molecule has 144 valence electrons. The molecule has 0 amide bonds. The van der Waals surface area contributed by atoms with E-state index < -0.39 is 0 Å². The van der Waals surface area contributed by atoms with Crippen molar-refractivity contribution in [1.29, 1.82) is 0 Å². The highest BCUT2D eigenvalue weighted by Crippen LogP contribution is 2.28. The summed E-state index contributed by atoms with van der Waals surface area (Å²) in [7, 11) is 1.81. The molecule has 3 aromatic heterocycles. The largest absolute Gasteiger partial charge is 0.328 e. The minimum absolute atomic E-state index is 0.204. The molecule has 27 heavy (non-hydrogen) atoms. The number of aromatic nitrogens is 4. The fraction of sp³-hybridized carbons (Fsp3) is 0.389. The first-order valence-electron chi connectivity index (χ1n) is 8.91. The zero-order valence-corrected chi connectivity index (χ0v) is 16.9. The van der Waals surface area contributed by atoms with Crippen LogP contribution in [0.3, 0.4) is 0 Å². The molecule has 3 aromatic rings. The molecule has 0 aliphatic carbocycles. The van der Waals surface area contributed by atoms with E-state index in [2.05, 4.69) is 26.6 Å². The molecule has 0 fully saturated rings. The molecule has 0 aliphatic heterocycles. The smallest absolute Gasteiger partial charge is 0.180 e. The number of hydrogen-bond acceptors (Lipinski definition) is 8. The molecule has 8 nitrogen and oxygen atoms in total. The summed E-state index contributed by atoms with van der Waals surface area (Å²) in [6, 6.07) is 1.78. The van der Waals surface area contributed by atoms with Crippen LogP contribution in [0.1, 0.15) is 49.8 Å². The first-order chi connectivity index (χ1) is 12.9. The molecule has 1 unspecified atom stereocenters. The number of imidazole rings is 1. The average Bonchev–Trinajstić information content (AvgIpc) is 3.20. The molecule has 0 radical (unpaired) electrons. The van der Waals surface area contributed by atoms with Crippen molar-refractivity contribution in [2.75, 3.05) is 12.4 Å². The molecule has 9 heteroatoms. The van der Waals surface area contributed by atoms with Crippen LogP contribution in [0.5, 0.6) is 0 Å². The van der Waals surface area contributed by atoms with Gasteiger partial charge in [-0.1, -0.05) is 13.3 Å². The number of rotatable bonds is 7. The summed E-state index contributed by atoms with van der Waals surface area (Å²) in [4.78, 5) is 9.30. The topological polar surface area (TPSA) is 110 Å². The predicted molar refractivity (Wildman–Crippen MR) is 111 cm³/mol. The van der Waals surface area contributed by atoms with Crippen molar-refractivity contribution in [3.05, 3.63) is 41.7 Å². The Bertz CT molecular complexity index is 954. The van der Waals surface area contributed by atoms with Gasteiger partial charge < -0.3 is 16.1 Å². The van der Waals surface area contributed by atoms with Gasteiger partial charge in [0.2, 0.25) is 0 Å². The summed E-state index contributed by atoms with van der Waals surface area (Å²) in [5.74, 6) is 6.53. The van der Waals surface area contributed by atoms with Crippen LogP contribution in [0.15, 0.2) is 24.7 Å². The maximum absolute atomic E-state index is 6.13. The van der Waals surface area contributed by atoms with Gasteiger partial charge in [-0.2, -0.15) is 4.37 Å². The highest BCUT2D eigenvalue weighted by atomic mass is 32.1. The number of nitrogens with two attached hydrogens (primary N) is 2. The molecule has 3 heterocycles. The molecule has 3 rings (SSSR count). The van der Waals surface area contributed by atoms with Crippen molar-refractivity contribution in [1.82, 2.24) is 23.8 Å². The van der Waals surface area contributed by atoms with Gasteiger partial charge in [0.1, 0.15) is 5.00 Å². The van der Waals surface area contributed by atoms with E-state index in [0.717, 1.165) is 46.1 Å². The summed E-state index contributed by atoms with van der Waals surface area (Å²) in [5.41, 5.74) is 10.7. The number of hydrogen-bond donors (Lipinski definition) is 3. The van der Waals surface area contributed by atoms with Crippen molar-refractivity contribution >= 4 is 33.6 Å². The van der Waals surface area contributed by atoms with Crippen LogP contribution < -0.4 is 16.9 Å². The van der Waals surface area contributed by atoms with Gasteiger partial charge in [-0.25, -0.2) is 15.8 Å². The minimum atomic E-state index is -0.204. The van der Waals surface area contributed by atoms with E-state index in [1.165, 1.54) is 11.5 Å². The lowest BCUT2D eigenvalue weighted by Crippen LogP contribution is -2.19. The third-order valence-corrected chi connectivity index (χ3v) is 4.85. The minimum Gasteiger partial charge on any atom is -0.328 e. The van der Waals surface area contributed by atoms with Crippen molar-refractivity contribution in [2.24, 2.45) is 11.6 Å². The summed E-state index contributed by atoms with van der Waals surface area (Å²) >= 11 is 1.39. The third-order valence-electron chi connectivity index (χ3n) is 4.05. The Morgan fingerprint density at radius 2 is 2.26 bits per heavy atom. The Morgan fingerprint density at radius 3 is 2.85 bits per heavy atom. The zero-order chi connectivity index (χ0) is 19.6. The Morgan fingerprint density at radius 1 is 1.48 bits per heavy atom. The number of nitrogens with one attached hydrogen (secondary N) is 1. The van der Waals surface area contributed by atoms with E-state index in [4.69, 9.17) is 11.6 Å². The Kier molecular flexibility index (Phi) is 5.73. The summed E-state index contributed by atoms with van der Waals surface area (Å²) in [6.45, 7) is 6.02. The third kappa shape index (κ3) is 4.26. The number of anilines is 2. The monoisotopic (exact) mass is 386 g/mol. The van der Waals surface area contributed by atoms with E-state index in [1.807, 2.05) is 50.0 Å². The lowest BCUT2D eigenvalue weighted by atomic mass is 10.1. The molecular weight excluding hydrogens is 360 g/mol. The van der Waals surface area contributed by atoms with Gasteiger partial charge in [0.05, 0.1) is 23.3 Å². The summed E-state index contributed by atoms with van der Waals surface area (Å²) < 4.78 is 6.35. The normalized spacial score (nSPS) is 13.2. The van der Waals surface area contributed by atoms with Crippen molar-refractivity contribution in [3.63, 3.8) is 0 Å². The number of aryl methyl sites for hydroxylation is 1. The Labute approximate surface area is 163 Å². The SMILES string of the molecule is CCC/C(=C\N(C)N)c1cnc2c(Nc3cc(C)ns3)nc(C(C)N)cn12. The molecule has 0 aromatic carbocycles. The second-order valence-corrected chi connectivity index (χ2v) is 7.47. The van der Waals surface area contributed by atoms with Gasteiger partial charge in [0.15, 0.2) is 11.5 Å². The molecule has 0 saturated carbocycles. The van der Waals surface area contributed by atoms with Crippen LogP contribution in [0.4, 0.5) is 10.8 Å². The molecule has 0 spiro atoms. The maximum Gasteiger partial charge on any atom is 0.180 e. The van der Waals surface area contributed by atoms with E-state index >= 15 is 0 Å². The van der Waals surface area contributed by atoms with Crippen LogP contribution >= 0.6 is 11.5 Å². The van der Waals surface area contributed by atoms with Crippen LogP contribution in [0, 0.1) is 6.92 Å². The molecule has 0 aliphatic rings. The van der Waals surface area contributed by atoms with Gasteiger partial charge in [0.25, 0.3) is 0 Å². The van der Waals surface area contributed by atoms with Gasteiger partial charge in [-0.05, 0) is 43.4 Å². The lowest BCUT2D eigenvalue weighted by molar-refractivity contribution is 0.485. The maximum atomic E-state index is 6.13. The quantitative estimate of drug-likeness (QED) is 0.422. The van der Waals surface area contributed by atoms with Gasteiger partial charge in [0, 0.05) is 25.5 Å². The first kappa shape index (κ1) is 19.3. The standard InChI is InChI=1S/C18H26N8S/c1-5-6-13(9-25(4)20)15-8-21-18-17(23-16-7-11(2)24-27-16)22-14(12(3)19)10-26(15)18/h7-10,12H,5-6,19-20H2,1-4H3,(H,22,23)/b13-9+. The molecule has 5 N–H and O–H groups in total. The first-order valence-corrected chi connectivity index (χ1v) is 9.69. The van der Waals surface area contributed by atoms with Crippen LogP contribution in [0.2, 0.25) is 0 Å². The number of hydrazine groups is 1. The van der Waals surface area contributed by atoms with Crippen molar-refractivity contribution in [2.45, 2.75) is 39.7 Å². The summed E-state index contributed by atoms with van der Waals surface area (Å²) in [6.07, 6.45) is 7.63. The van der Waals surface area contributed by atoms with E-state index in [-0.39, 0.29) is 6.04 Å². The zero-order valence-electron chi connectivity index (χ0n) is 16.1. The fourth-order valence-corrected chi connectivity index (χ4v) is 3.52. The highest BCUT2D eigenvalue weighted by molar-refractivity contribution is 7.10. The van der Waals surface area contributed by atoms with Gasteiger partial charge >= 0.3 is 0 Å². The van der Waals surface area contributed by atoms with E-state index in [0.29, 0.717) is 5.82 Å². The lowest BCUT2D eigenvalue weighted by Gasteiger charge is -2.14. The molecular formula is C18H26N8S. The number of nitrogens with zero attached hydrogens (tertiary/aromatic N) is 5. The predicted octanol–water partition coefficient (Wildman–Crippen LogP) is 3.20. The van der Waals surface area contributed by atoms with E-state index in [1.54, 1.807) is 5.01 Å². The number of fused-ring (bicyclic) bond motifs is 1. The highest BCUT2D eigenvalue weighted by Gasteiger charge is 2.16. The van der Waals surface area contributed by atoms with Crippen molar-refractivity contribution < 1.29 is 0 Å². The van der Waals surface area contributed by atoms with Crippen LogP contribution in [-0.2, 0) is 0 Å². The van der Waals surface area contributed by atoms with Crippen LogP contribution in [-0.4, -0.2) is 30.8 Å². The molecule has 0 bridgehead atoms. The Balaban J connectivity index is 2.15.